The highest BCUT2D eigenvalue weighted by molar-refractivity contribution is 5.76. The molecule has 4 nitrogen and oxygen atoms in total. The zero-order valence-corrected chi connectivity index (χ0v) is 9.70. The van der Waals surface area contributed by atoms with E-state index in [0.29, 0.717) is 38.4 Å². The molecule has 0 radical (unpaired) electrons. The number of nitrogens with two attached hydrogens (primary N) is 1. The van der Waals surface area contributed by atoms with Crippen LogP contribution in [0.15, 0.2) is 0 Å². The van der Waals surface area contributed by atoms with Crippen LogP contribution in [-0.2, 0) is 4.79 Å². The van der Waals surface area contributed by atoms with Crippen LogP contribution in [0.3, 0.4) is 0 Å². The lowest BCUT2D eigenvalue weighted by Crippen LogP contribution is -2.34. The van der Waals surface area contributed by atoms with Gasteiger partial charge < -0.3 is 15.7 Å². The van der Waals surface area contributed by atoms with Crippen LogP contribution in [-0.4, -0.2) is 41.1 Å². The second kappa shape index (κ2) is 4.94. The van der Waals surface area contributed by atoms with Gasteiger partial charge in [0.15, 0.2) is 0 Å². The molecule has 88 valence electrons. The van der Waals surface area contributed by atoms with Gasteiger partial charge in [0.1, 0.15) is 0 Å². The molecular weight excluding hydrogens is 192 g/mol. The number of carbonyl (C=O) groups excluding carboxylic acids is 1. The van der Waals surface area contributed by atoms with Crippen molar-refractivity contribution in [3.8, 4) is 0 Å². The molecule has 0 bridgehead atoms. The number of aliphatic hydroxyl groups is 1. The maximum atomic E-state index is 11.7. The normalized spacial score (nSPS) is 28.1. The second-order valence-electron chi connectivity index (χ2n) is 4.94. The molecule has 0 aliphatic carbocycles. The first-order valence-electron chi connectivity index (χ1n) is 5.65. The van der Waals surface area contributed by atoms with Crippen molar-refractivity contribution in [1.29, 1.82) is 0 Å². The maximum Gasteiger partial charge on any atom is 0.222 e. The molecule has 15 heavy (non-hydrogen) atoms. The van der Waals surface area contributed by atoms with Gasteiger partial charge in [-0.2, -0.15) is 0 Å². The number of β-amino-alcohol motifs (C(OH)–C–C–N with tert-alkyl or cyclic N) is 1. The smallest absolute Gasteiger partial charge is 0.222 e. The van der Waals surface area contributed by atoms with Crippen LogP contribution in [0, 0.1) is 5.92 Å². The summed E-state index contributed by atoms with van der Waals surface area (Å²) in [6.45, 7) is 5.62. The Morgan fingerprint density at radius 1 is 1.67 bits per heavy atom. The summed E-state index contributed by atoms with van der Waals surface area (Å²) in [6.07, 6.45) is 2.08. The molecule has 2 atom stereocenters. The monoisotopic (exact) mass is 214 g/mol. The highest BCUT2D eigenvalue weighted by Crippen LogP contribution is 2.21. The van der Waals surface area contributed by atoms with Crippen LogP contribution in [0.2, 0.25) is 0 Å². The Labute approximate surface area is 91.4 Å². The van der Waals surface area contributed by atoms with Crippen LogP contribution < -0.4 is 5.73 Å². The fourth-order valence-electron chi connectivity index (χ4n) is 1.80. The molecule has 0 aromatic carbocycles. The van der Waals surface area contributed by atoms with Crippen LogP contribution in [0.5, 0.6) is 0 Å². The van der Waals surface area contributed by atoms with Gasteiger partial charge in [-0.3, -0.25) is 4.79 Å². The maximum absolute atomic E-state index is 11.7. The molecule has 3 N–H and O–H groups in total. The highest BCUT2D eigenvalue weighted by atomic mass is 16.3. The topological polar surface area (TPSA) is 66.6 Å². The van der Waals surface area contributed by atoms with Crippen molar-refractivity contribution in [2.75, 3.05) is 19.6 Å². The SMILES string of the molecule is CC(CN)CCC(=O)N1CCC(C)(O)C1. The Hall–Kier alpha value is -0.610. The minimum atomic E-state index is -0.685. The number of likely N-dealkylation sites (tertiary alicyclic amines) is 1. The summed E-state index contributed by atoms with van der Waals surface area (Å²) in [6, 6.07) is 0. The largest absolute Gasteiger partial charge is 0.388 e. The van der Waals surface area contributed by atoms with Crippen LogP contribution in [0.1, 0.15) is 33.1 Å². The van der Waals surface area contributed by atoms with Gasteiger partial charge in [0.05, 0.1) is 5.60 Å². The van der Waals surface area contributed by atoms with E-state index in [0.717, 1.165) is 6.42 Å². The number of carbonyl (C=O) groups is 1. The molecule has 1 heterocycles. The Balaban J connectivity index is 2.30. The first-order valence-corrected chi connectivity index (χ1v) is 5.65. The molecule has 0 aromatic rings. The van der Waals surface area contributed by atoms with Crippen LogP contribution in [0.25, 0.3) is 0 Å². The molecule has 2 unspecified atom stereocenters. The summed E-state index contributed by atoms with van der Waals surface area (Å²) in [4.78, 5) is 13.5. The fraction of sp³-hybridized carbons (Fsp3) is 0.909. The highest BCUT2D eigenvalue weighted by Gasteiger charge is 2.33. The summed E-state index contributed by atoms with van der Waals surface area (Å²) in [5, 5.41) is 9.72. The first kappa shape index (κ1) is 12.5. The summed E-state index contributed by atoms with van der Waals surface area (Å²) < 4.78 is 0. The van der Waals surface area contributed by atoms with Gasteiger partial charge in [0, 0.05) is 19.5 Å². The van der Waals surface area contributed by atoms with Crippen molar-refractivity contribution >= 4 is 5.91 Å². The molecule has 0 aromatic heterocycles. The van der Waals surface area contributed by atoms with Crippen molar-refractivity contribution < 1.29 is 9.90 Å². The van der Waals surface area contributed by atoms with Gasteiger partial charge in [-0.1, -0.05) is 6.92 Å². The summed E-state index contributed by atoms with van der Waals surface area (Å²) in [5.74, 6) is 0.546. The minimum absolute atomic E-state index is 0.146. The summed E-state index contributed by atoms with van der Waals surface area (Å²) in [5.41, 5.74) is 4.80. The third kappa shape index (κ3) is 3.80. The van der Waals surface area contributed by atoms with Gasteiger partial charge in [0.2, 0.25) is 5.91 Å². The van der Waals surface area contributed by atoms with E-state index in [1.807, 2.05) is 6.92 Å². The van der Waals surface area contributed by atoms with Gasteiger partial charge in [-0.15, -0.1) is 0 Å². The van der Waals surface area contributed by atoms with E-state index in [2.05, 4.69) is 0 Å². The average Bonchev–Trinajstić information content (AvgIpc) is 2.54. The van der Waals surface area contributed by atoms with E-state index in [1.54, 1.807) is 11.8 Å². The quantitative estimate of drug-likeness (QED) is 0.709. The average molecular weight is 214 g/mol. The molecule has 1 rings (SSSR count). The third-order valence-corrected chi connectivity index (χ3v) is 3.06. The van der Waals surface area contributed by atoms with Crippen LogP contribution in [0.4, 0.5) is 0 Å². The molecular formula is C11H22N2O2. The van der Waals surface area contributed by atoms with Crippen LogP contribution >= 0.6 is 0 Å². The predicted molar refractivity (Wildman–Crippen MR) is 59.3 cm³/mol. The molecule has 1 aliphatic rings. The van der Waals surface area contributed by atoms with E-state index in [-0.39, 0.29) is 5.91 Å². The third-order valence-electron chi connectivity index (χ3n) is 3.06. The predicted octanol–water partition coefficient (Wildman–Crippen LogP) is 0.345. The molecule has 0 saturated carbocycles. The molecule has 1 amide bonds. The summed E-state index contributed by atoms with van der Waals surface area (Å²) in [7, 11) is 0. The molecule has 1 fully saturated rings. The zero-order valence-electron chi connectivity index (χ0n) is 9.70. The Kier molecular flexibility index (Phi) is 4.11. The molecule has 0 spiro atoms. The van der Waals surface area contributed by atoms with Crippen molar-refractivity contribution in [3.63, 3.8) is 0 Å². The fourth-order valence-corrected chi connectivity index (χ4v) is 1.80. The van der Waals surface area contributed by atoms with E-state index < -0.39 is 5.60 Å². The van der Waals surface area contributed by atoms with Crippen molar-refractivity contribution in [2.45, 2.75) is 38.7 Å². The number of amides is 1. The Morgan fingerprint density at radius 3 is 2.80 bits per heavy atom. The second-order valence-corrected chi connectivity index (χ2v) is 4.94. The number of hydrogen-bond donors (Lipinski definition) is 2. The molecule has 1 aliphatic heterocycles. The van der Waals surface area contributed by atoms with Gasteiger partial charge in [0.25, 0.3) is 0 Å². The first-order chi connectivity index (χ1) is 6.94. The molecule has 1 saturated heterocycles. The lowest BCUT2D eigenvalue weighted by Gasteiger charge is -2.19. The van der Waals surface area contributed by atoms with Crippen molar-refractivity contribution in [3.05, 3.63) is 0 Å². The van der Waals surface area contributed by atoms with E-state index in [4.69, 9.17) is 5.73 Å². The number of hydrogen-bond acceptors (Lipinski definition) is 3. The Bertz CT molecular complexity index is 229. The van der Waals surface area contributed by atoms with Gasteiger partial charge in [-0.05, 0) is 32.2 Å². The van der Waals surface area contributed by atoms with E-state index in [1.165, 1.54) is 0 Å². The lowest BCUT2D eigenvalue weighted by atomic mass is 10.1. The lowest BCUT2D eigenvalue weighted by molar-refractivity contribution is -0.131. The van der Waals surface area contributed by atoms with E-state index >= 15 is 0 Å². The summed E-state index contributed by atoms with van der Waals surface area (Å²) >= 11 is 0. The van der Waals surface area contributed by atoms with E-state index in [9.17, 15) is 9.90 Å². The zero-order chi connectivity index (χ0) is 11.5. The molecule has 4 heteroatoms. The standard InChI is InChI=1S/C11H22N2O2/c1-9(7-12)3-4-10(14)13-6-5-11(2,15)8-13/h9,15H,3-8,12H2,1-2H3. The van der Waals surface area contributed by atoms with Crippen molar-refractivity contribution in [2.24, 2.45) is 11.7 Å². The van der Waals surface area contributed by atoms with Gasteiger partial charge >= 0.3 is 0 Å². The number of nitrogens with zero attached hydrogens (tertiary/aromatic N) is 1. The minimum Gasteiger partial charge on any atom is -0.388 e. The Morgan fingerprint density at radius 2 is 2.33 bits per heavy atom. The van der Waals surface area contributed by atoms with Gasteiger partial charge in [-0.25, -0.2) is 0 Å². The van der Waals surface area contributed by atoms with Crippen molar-refractivity contribution in [1.82, 2.24) is 4.90 Å². The number of rotatable bonds is 4.